The fraction of sp³-hybridized carbons (Fsp3) is 0.267. The second-order valence-electron chi connectivity index (χ2n) is 4.72. The molecule has 0 atom stereocenters. The van der Waals surface area contributed by atoms with Crippen molar-refractivity contribution in [3.05, 3.63) is 53.3 Å². The van der Waals surface area contributed by atoms with E-state index in [1.807, 2.05) is 50.4 Å². The third-order valence-corrected chi connectivity index (χ3v) is 3.29. The van der Waals surface area contributed by atoms with Crippen LogP contribution in [0.4, 0.5) is 5.69 Å². The number of rotatable bonds is 4. The molecule has 4 heteroatoms. The number of aryl methyl sites for hydroxylation is 1. The lowest BCUT2D eigenvalue weighted by Gasteiger charge is -2.08. The van der Waals surface area contributed by atoms with Crippen molar-refractivity contribution in [1.29, 1.82) is 0 Å². The van der Waals surface area contributed by atoms with E-state index in [2.05, 4.69) is 9.88 Å². The Morgan fingerprint density at radius 1 is 1.21 bits per heavy atom. The molecule has 0 bridgehead atoms. The summed E-state index contributed by atoms with van der Waals surface area (Å²) in [5.41, 5.74) is 9.57. The number of nitrogen functional groups attached to an aromatic ring is 1. The normalized spacial score (nSPS) is 10.4. The Labute approximate surface area is 113 Å². The van der Waals surface area contributed by atoms with E-state index in [0.717, 1.165) is 11.3 Å². The first-order chi connectivity index (χ1) is 9.06. The maximum atomic E-state index is 11.8. The van der Waals surface area contributed by atoms with Gasteiger partial charge in [-0.25, -0.2) is 0 Å². The molecule has 19 heavy (non-hydrogen) atoms. The fourth-order valence-electron chi connectivity index (χ4n) is 1.92. The molecule has 1 amide bonds. The van der Waals surface area contributed by atoms with E-state index in [1.165, 1.54) is 5.69 Å². The molecule has 0 aliphatic rings. The van der Waals surface area contributed by atoms with Crippen LogP contribution in [-0.4, -0.2) is 10.5 Å². The molecule has 0 aliphatic carbocycles. The van der Waals surface area contributed by atoms with Crippen LogP contribution in [0.2, 0.25) is 0 Å². The highest BCUT2D eigenvalue weighted by Gasteiger charge is 2.05. The van der Waals surface area contributed by atoms with Crippen molar-refractivity contribution in [3.63, 3.8) is 0 Å². The summed E-state index contributed by atoms with van der Waals surface area (Å²) >= 11 is 0. The molecule has 1 aromatic carbocycles. The third kappa shape index (κ3) is 3.37. The van der Waals surface area contributed by atoms with Crippen LogP contribution in [0.1, 0.15) is 17.0 Å². The van der Waals surface area contributed by atoms with Crippen LogP contribution < -0.4 is 11.1 Å². The van der Waals surface area contributed by atoms with Gasteiger partial charge in [0.05, 0.1) is 13.0 Å². The zero-order valence-electron chi connectivity index (χ0n) is 11.3. The largest absolute Gasteiger partial charge is 0.399 e. The molecule has 0 spiro atoms. The molecule has 2 rings (SSSR count). The minimum atomic E-state index is 0.0172. The van der Waals surface area contributed by atoms with Crippen molar-refractivity contribution in [3.8, 4) is 0 Å². The number of aromatic nitrogens is 1. The number of hydrogen-bond acceptors (Lipinski definition) is 2. The van der Waals surface area contributed by atoms with Gasteiger partial charge in [-0.1, -0.05) is 12.1 Å². The molecule has 1 aromatic heterocycles. The molecule has 0 saturated carbocycles. The number of amides is 1. The molecule has 3 N–H and O–H groups in total. The Balaban J connectivity index is 1.88. The van der Waals surface area contributed by atoms with E-state index >= 15 is 0 Å². The molecule has 0 saturated heterocycles. The Morgan fingerprint density at radius 3 is 2.47 bits per heavy atom. The Kier molecular flexibility index (Phi) is 3.90. The van der Waals surface area contributed by atoms with Crippen LogP contribution in [0.5, 0.6) is 0 Å². The van der Waals surface area contributed by atoms with Gasteiger partial charge in [0.25, 0.3) is 0 Å². The molecular weight excluding hydrogens is 238 g/mol. The molecular formula is C15H19N3O. The van der Waals surface area contributed by atoms with Crippen LogP contribution in [0.15, 0.2) is 36.4 Å². The van der Waals surface area contributed by atoms with Gasteiger partial charge in [-0.3, -0.25) is 4.79 Å². The van der Waals surface area contributed by atoms with E-state index in [9.17, 15) is 4.79 Å². The van der Waals surface area contributed by atoms with E-state index in [4.69, 9.17) is 5.73 Å². The summed E-state index contributed by atoms with van der Waals surface area (Å²) in [5, 5.41) is 2.93. The highest BCUT2D eigenvalue weighted by Crippen LogP contribution is 2.07. The topological polar surface area (TPSA) is 60.1 Å². The maximum absolute atomic E-state index is 11.8. The highest BCUT2D eigenvalue weighted by atomic mass is 16.1. The minimum Gasteiger partial charge on any atom is -0.399 e. The van der Waals surface area contributed by atoms with Gasteiger partial charge in [-0.2, -0.15) is 0 Å². The summed E-state index contributed by atoms with van der Waals surface area (Å²) < 4.78 is 2.07. The number of benzene rings is 1. The van der Waals surface area contributed by atoms with Gasteiger partial charge in [0, 0.05) is 24.1 Å². The van der Waals surface area contributed by atoms with E-state index in [1.54, 1.807) is 0 Å². The monoisotopic (exact) mass is 257 g/mol. The van der Waals surface area contributed by atoms with Crippen molar-refractivity contribution in [2.45, 2.75) is 19.9 Å². The first-order valence-electron chi connectivity index (χ1n) is 6.28. The van der Waals surface area contributed by atoms with Crippen LogP contribution in [0, 0.1) is 6.92 Å². The van der Waals surface area contributed by atoms with Crippen molar-refractivity contribution in [2.24, 2.45) is 7.05 Å². The van der Waals surface area contributed by atoms with Crippen LogP contribution >= 0.6 is 0 Å². The molecule has 0 aliphatic heterocycles. The molecule has 0 fully saturated rings. The number of nitrogens with one attached hydrogen (secondary N) is 1. The van der Waals surface area contributed by atoms with E-state index in [0.29, 0.717) is 18.7 Å². The Hall–Kier alpha value is -2.23. The SMILES string of the molecule is Cc1ccc(CNC(=O)Cc2ccc(N)cc2)n1C. The first-order valence-corrected chi connectivity index (χ1v) is 6.28. The number of carbonyl (C=O) groups excluding carboxylic acids is 1. The van der Waals surface area contributed by atoms with E-state index in [-0.39, 0.29) is 5.91 Å². The van der Waals surface area contributed by atoms with Crippen LogP contribution in [0.25, 0.3) is 0 Å². The van der Waals surface area contributed by atoms with Gasteiger partial charge in [0.15, 0.2) is 0 Å². The quantitative estimate of drug-likeness (QED) is 0.820. The molecule has 0 unspecified atom stereocenters. The van der Waals surface area contributed by atoms with Crippen molar-refractivity contribution >= 4 is 11.6 Å². The lowest BCUT2D eigenvalue weighted by molar-refractivity contribution is -0.120. The summed E-state index contributed by atoms with van der Waals surface area (Å²) in [6.07, 6.45) is 0.379. The Bertz CT molecular complexity index is 570. The van der Waals surface area contributed by atoms with Crippen LogP contribution in [0.3, 0.4) is 0 Å². The number of nitrogens with two attached hydrogens (primary N) is 1. The van der Waals surface area contributed by atoms with Crippen molar-refractivity contribution in [1.82, 2.24) is 9.88 Å². The van der Waals surface area contributed by atoms with Crippen molar-refractivity contribution in [2.75, 3.05) is 5.73 Å². The second kappa shape index (κ2) is 5.61. The van der Waals surface area contributed by atoms with Gasteiger partial charge in [0.2, 0.25) is 5.91 Å². The third-order valence-electron chi connectivity index (χ3n) is 3.29. The van der Waals surface area contributed by atoms with Gasteiger partial charge < -0.3 is 15.6 Å². The van der Waals surface area contributed by atoms with Gasteiger partial charge in [-0.05, 0) is 36.8 Å². The summed E-state index contributed by atoms with van der Waals surface area (Å²) in [7, 11) is 2.00. The first kappa shape index (κ1) is 13.2. The lowest BCUT2D eigenvalue weighted by atomic mass is 10.1. The van der Waals surface area contributed by atoms with Gasteiger partial charge in [-0.15, -0.1) is 0 Å². The lowest BCUT2D eigenvalue weighted by Crippen LogP contribution is -2.25. The van der Waals surface area contributed by atoms with Crippen LogP contribution in [-0.2, 0) is 24.8 Å². The maximum Gasteiger partial charge on any atom is 0.224 e. The number of nitrogens with zero attached hydrogens (tertiary/aromatic N) is 1. The molecule has 0 radical (unpaired) electrons. The highest BCUT2D eigenvalue weighted by molar-refractivity contribution is 5.78. The summed E-state index contributed by atoms with van der Waals surface area (Å²) in [5.74, 6) is 0.0172. The molecule has 100 valence electrons. The molecule has 4 nitrogen and oxygen atoms in total. The Morgan fingerprint density at radius 2 is 1.89 bits per heavy atom. The fourth-order valence-corrected chi connectivity index (χ4v) is 1.92. The standard InChI is InChI=1S/C15H19N3O/c1-11-3-8-14(18(11)2)10-17-15(19)9-12-4-6-13(16)7-5-12/h3-8H,9-10,16H2,1-2H3,(H,17,19). The number of carbonyl (C=O) groups is 1. The summed E-state index contributed by atoms with van der Waals surface area (Å²) in [6.45, 7) is 2.60. The molecule has 2 aromatic rings. The number of hydrogen-bond donors (Lipinski definition) is 2. The second-order valence-corrected chi connectivity index (χ2v) is 4.72. The molecule has 1 heterocycles. The van der Waals surface area contributed by atoms with E-state index < -0.39 is 0 Å². The minimum absolute atomic E-state index is 0.0172. The zero-order valence-corrected chi connectivity index (χ0v) is 11.3. The summed E-state index contributed by atoms with van der Waals surface area (Å²) in [6, 6.07) is 11.4. The summed E-state index contributed by atoms with van der Waals surface area (Å²) in [4.78, 5) is 11.8. The predicted molar refractivity (Wildman–Crippen MR) is 76.6 cm³/mol. The van der Waals surface area contributed by atoms with Gasteiger partial charge in [0.1, 0.15) is 0 Å². The zero-order chi connectivity index (χ0) is 13.8. The van der Waals surface area contributed by atoms with Gasteiger partial charge >= 0.3 is 0 Å². The predicted octanol–water partition coefficient (Wildman–Crippen LogP) is 1.77. The van der Waals surface area contributed by atoms with Crippen molar-refractivity contribution < 1.29 is 4.79 Å². The average Bonchev–Trinajstić information content (AvgIpc) is 2.70. The smallest absolute Gasteiger partial charge is 0.224 e. The average molecular weight is 257 g/mol. The number of anilines is 1.